The molecular weight excluding hydrogens is 163 g/mol. The number of carbonyl (C=O) groups is 1. The van der Waals surface area contributed by atoms with Gasteiger partial charge >= 0.3 is 6.09 Å². The van der Waals surface area contributed by atoms with E-state index in [1.165, 1.54) is 0 Å². The Morgan fingerprint density at radius 1 is 1.62 bits per heavy atom. The molecule has 0 bridgehead atoms. The van der Waals surface area contributed by atoms with Crippen LogP contribution >= 0.6 is 0 Å². The van der Waals surface area contributed by atoms with Crippen molar-refractivity contribution in [1.29, 1.82) is 0 Å². The fourth-order valence-electron chi connectivity index (χ4n) is 0.163. The first-order valence-corrected chi connectivity index (χ1v) is 1.85. The maximum Gasteiger partial charge on any atom is 0.404 e. The fourth-order valence-corrected chi connectivity index (χ4v) is 0.163. The van der Waals surface area contributed by atoms with Crippen LogP contribution in [0.3, 0.4) is 0 Å². The topological polar surface area (TPSA) is 69.6 Å². The molecule has 0 aromatic carbocycles. The summed E-state index contributed by atoms with van der Waals surface area (Å²) in [5.74, 6) is 0. The van der Waals surface area contributed by atoms with Crippen molar-refractivity contribution in [3.05, 3.63) is 0 Å². The zero-order valence-electron chi connectivity index (χ0n) is 4.42. The Balaban J connectivity index is 0. The van der Waals surface area contributed by atoms with Crippen LogP contribution < -0.4 is 5.32 Å². The summed E-state index contributed by atoms with van der Waals surface area (Å²) in [5, 5.41) is 17.8. The second-order valence-corrected chi connectivity index (χ2v) is 0.956. The maximum absolute atomic E-state index is 9.54. The van der Waals surface area contributed by atoms with Crippen molar-refractivity contribution in [2.45, 2.75) is 0 Å². The zero-order valence-corrected chi connectivity index (χ0v) is 7.39. The van der Waals surface area contributed by atoms with Crippen molar-refractivity contribution in [2.24, 2.45) is 0 Å². The molecule has 1 amide bonds. The number of aliphatic hydroxyl groups is 1. The normalized spacial score (nSPS) is 7.12. The number of carboxylic acid groups (broad SMARTS) is 1. The Labute approximate surface area is 59.7 Å². The van der Waals surface area contributed by atoms with Gasteiger partial charge in [-0.3, -0.25) is 0 Å². The van der Waals surface area contributed by atoms with Crippen LogP contribution in [0.4, 0.5) is 4.79 Å². The van der Waals surface area contributed by atoms with Gasteiger partial charge in [0.15, 0.2) is 0 Å². The molecule has 8 heavy (non-hydrogen) atoms. The molecule has 0 heterocycles. The molecule has 0 atom stereocenters. The summed E-state index contributed by atoms with van der Waals surface area (Å²) >= 11 is 0. The molecule has 0 aliphatic heterocycles. The van der Waals surface area contributed by atoms with Crippen LogP contribution in [0.2, 0.25) is 0 Å². The van der Waals surface area contributed by atoms with E-state index >= 15 is 0 Å². The van der Waals surface area contributed by atoms with E-state index in [0.717, 1.165) is 0 Å². The minimum absolute atomic E-state index is 0. The van der Waals surface area contributed by atoms with Crippen molar-refractivity contribution in [3.63, 3.8) is 0 Å². The van der Waals surface area contributed by atoms with Gasteiger partial charge in [0.2, 0.25) is 0 Å². The van der Waals surface area contributed by atoms with E-state index in [1.54, 1.807) is 0 Å². The van der Waals surface area contributed by atoms with Crippen molar-refractivity contribution in [1.82, 2.24) is 5.32 Å². The van der Waals surface area contributed by atoms with Gasteiger partial charge in [0.1, 0.15) is 0 Å². The minimum Gasteiger partial charge on any atom is -0.465 e. The molecule has 44 valence electrons. The molecule has 5 heteroatoms. The molecule has 3 N–H and O–H groups in total. The SMILES string of the molecule is O=C(O)NCCO.[Zn]. The Bertz CT molecular complexity index is 67.5. The largest absolute Gasteiger partial charge is 0.465 e. The maximum atomic E-state index is 9.54. The summed E-state index contributed by atoms with van der Waals surface area (Å²) < 4.78 is 0. The second kappa shape index (κ2) is 6.85. The zero-order chi connectivity index (χ0) is 5.70. The Morgan fingerprint density at radius 2 is 2.12 bits per heavy atom. The van der Waals surface area contributed by atoms with Crippen molar-refractivity contribution in [3.8, 4) is 0 Å². The van der Waals surface area contributed by atoms with E-state index in [2.05, 4.69) is 0 Å². The van der Waals surface area contributed by atoms with Gasteiger partial charge in [0.05, 0.1) is 6.61 Å². The predicted octanol–water partition coefficient (Wildman–Crippen LogP) is -0.756. The summed E-state index contributed by atoms with van der Waals surface area (Å²) in [7, 11) is 0. The number of amides is 1. The van der Waals surface area contributed by atoms with Crippen LogP contribution in [-0.4, -0.2) is 29.5 Å². The van der Waals surface area contributed by atoms with Gasteiger partial charge in [0.25, 0.3) is 0 Å². The van der Waals surface area contributed by atoms with Crippen LogP contribution in [0.5, 0.6) is 0 Å². The van der Waals surface area contributed by atoms with Gasteiger partial charge in [-0.05, 0) is 0 Å². The molecule has 0 aromatic heterocycles. The predicted molar refractivity (Wildman–Crippen MR) is 23.1 cm³/mol. The Hall–Kier alpha value is -0.147. The van der Waals surface area contributed by atoms with Crippen molar-refractivity contribution < 1.29 is 34.5 Å². The van der Waals surface area contributed by atoms with Gasteiger partial charge in [-0.2, -0.15) is 0 Å². The molecule has 0 rings (SSSR count). The Kier molecular flexibility index (Phi) is 9.22. The summed E-state index contributed by atoms with van der Waals surface area (Å²) in [4.78, 5) is 9.54. The molecule has 0 unspecified atom stereocenters. The molecule has 0 fully saturated rings. The number of nitrogens with one attached hydrogen (secondary N) is 1. The molecule has 0 saturated heterocycles. The first-order chi connectivity index (χ1) is 3.27. The van der Waals surface area contributed by atoms with E-state index in [9.17, 15) is 4.79 Å². The van der Waals surface area contributed by atoms with Gasteiger partial charge < -0.3 is 15.5 Å². The molecule has 0 aliphatic rings. The molecule has 0 radical (unpaired) electrons. The molecule has 0 aliphatic carbocycles. The standard InChI is InChI=1S/C3H7NO3.Zn/c5-2-1-4-3(6)7;/h4-5H,1-2H2,(H,6,7);. The van der Waals surface area contributed by atoms with Crippen LogP contribution in [0.25, 0.3) is 0 Å². The third kappa shape index (κ3) is 9.29. The van der Waals surface area contributed by atoms with E-state index in [4.69, 9.17) is 10.2 Å². The summed E-state index contributed by atoms with van der Waals surface area (Å²) in [6.45, 7) is -0.0400. The first kappa shape index (κ1) is 10.8. The van der Waals surface area contributed by atoms with E-state index < -0.39 is 6.09 Å². The van der Waals surface area contributed by atoms with Crippen LogP contribution in [0, 0.1) is 0 Å². The summed E-state index contributed by atoms with van der Waals surface area (Å²) in [5.41, 5.74) is 0. The van der Waals surface area contributed by atoms with Crippen molar-refractivity contribution in [2.75, 3.05) is 13.2 Å². The van der Waals surface area contributed by atoms with E-state index in [1.807, 2.05) is 5.32 Å². The smallest absolute Gasteiger partial charge is 0.404 e. The van der Waals surface area contributed by atoms with Gasteiger partial charge in [-0.25, -0.2) is 4.79 Å². The van der Waals surface area contributed by atoms with Crippen molar-refractivity contribution >= 4 is 6.09 Å². The van der Waals surface area contributed by atoms with Gasteiger partial charge in [0, 0.05) is 26.0 Å². The fraction of sp³-hybridized carbons (Fsp3) is 0.667. The minimum atomic E-state index is -1.10. The number of hydrogen-bond acceptors (Lipinski definition) is 2. The third-order valence-corrected chi connectivity index (χ3v) is 0.388. The molecule has 0 spiro atoms. The van der Waals surface area contributed by atoms with Crippen LogP contribution in [-0.2, 0) is 19.5 Å². The summed E-state index contributed by atoms with van der Waals surface area (Å²) in [6.07, 6.45) is -1.10. The van der Waals surface area contributed by atoms with E-state index in [-0.39, 0.29) is 32.6 Å². The molecular formula is C3H7NO3Zn. The van der Waals surface area contributed by atoms with Crippen LogP contribution in [0.15, 0.2) is 0 Å². The molecule has 0 saturated carbocycles. The Morgan fingerprint density at radius 3 is 2.25 bits per heavy atom. The second-order valence-electron chi connectivity index (χ2n) is 0.956. The average Bonchev–Trinajstić information content (AvgIpc) is 1.61. The quantitative estimate of drug-likeness (QED) is 0.478. The number of rotatable bonds is 2. The summed E-state index contributed by atoms with van der Waals surface area (Å²) in [6, 6.07) is 0. The first-order valence-electron chi connectivity index (χ1n) is 1.85. The number of aliphatic hydroxyl groups excluding tert-OH is 1. The van der Waals surface area contributed by atoms with Crippen LogP contribution in [0.1, 0.15) is 0 Å². The van der Waals surface area contributed by atoms with E-state index in [0.29, 0.717) is 0 Å². The van der Waals surface area contributed by atoms with Gasteiger partial charge in [-0.1, -0.05) is 0 Å². The third-order valence-electron chi connectivity index (χ3n) is 0.388. The average molecular weight is 170 g/mol. The molecule has 0 aromatic rings. The van der Waals surface area contributed by atoms with Gasteiger partial charge in [-0.15, -0.1) is 0 Å². The number of hydrogen-bond donors (Lipinski definition) is 3. The molecule has 4 nitrogen and oxygen atoms in total. The monoisotopic (exact) mass is 169 g/mol.